The van der Waals surface area contributed by atoms with E-state index >= 15 is 0 Å². The maximum absolute atomic E-state index is 6.54. The third kappa shape index (κ3) is 4.46. The Morgan fingerprint density at radius 3 is 1.85 bits per heavy atom. The van der Waals surface area contributed by atoms with Crippen LogP contribution in [0.4, 0.5) is 0 Å². The van der Waals surface area contributed by atoms with Crippen molar-refractivity contribution in [2.45, 2.75) is 5.41 Å². The third-order valence-electron chi connectivity index (χ3n) is 12.9. The summed E-state index contributed by atoms with van der Waals surface area (Å²) in [7, 11) is 0. The lowest BCUT2D eigenvalue weighted by Crippen LogP contribution is -2.28. The molecule has 2 aliphatic rings. The summed E-state index contributed by atoms with van der Waals surface area (Å²) in [5.41, 5.74) is 15.8. The summed E-state index contributed by atoms with van der Waals surface area (Å²) in [4.78, 5) is 0. The van der Waals surface area contributed by atoms with Crippen LogP contribution in [0.2, 0.25) is 0 Å². The van der Waals surface area contributed by atoms with Gasteiger partial charge in [0.2, 0.25) is 0 Å². The Bertz CT molecular complexity index is 3480. The number of fused-ring (bicyclic) bond motifs is 9. The first-order valence-electron chi connectivity index (χ1n) is 20.3. The van der Waals surface area contributed by atoms with Gasteiger partial charge in [-0.05, 0) is 120 Å². The fraction of sp³-hybridized carbons (Fsp3) is 0.0175. The van der Waals surface area contributed by atoms with Crippen molar-refractivity contribution in [3.05, 3.63) is 229 Å². The predicted molar refractivity (Wildman–Crippen MR) is 242 cm³/mol. The lowest BCUT2D eigenvalue weighted by molar-refractivity contribution is 0.487. The smallest absolute Gasteiger partial charge is 0.136 e. The zero-order valence-electron chi connectivity index (χ0n) is 31.9. The second-order valence-electron chi connectivity index (χ2n) is 15.9. The first-order valence-corrected chi connectivity index (χ1v) is 20.3. The molecule has 1 aliphatic heterocycles. The minimum atomic E-state index is -0.611. The van der Waals surface area contributed by atoms with Crippen LogP contribution in [-0.4, -0.2) is 0 Å². The zero-order valence-corrected chi connectivity index (χ0v) is 31.9. The summed E-state index contributed by atoms with van der Waals surface area (Å²) in [6.45, 7) is 0. The fourth-order valence-electron chi connectivity index (χ4n) is 10.5. The Kier molecular flexibility index (Phi) is 6.68. The average molecular weight is 751 g/mol. The second kappa shape index (κ2) is 12.2. The summed E-state index contributed by atoms with van der Waals surface area (Å²) in [5.74, 6) is 1.79. The molecule has 0 saturated carbocycles. The topological polar surface area (TPSA) is 22.4 Å². The van der Waals surface area contributed by atoms with Gasteiger partial charge >= 0.3 is 0 Å². The minimum Gasteiger partial charge on any atom is -0.456 e. The lowest BCUT2D eigenvalue weighted by Gasteiger charge is -2.34. The molecule has 274 valence electrons. The molecular weight excluding hydrogens is 717 g/mol. The number of para-hydroxylation sites is 2. The van der Waals surface area contributed by atoms with Gasteiger partial charge in [0.1, 0.15) is 22.7 Å². The fourth-order valence-corrected chi connectivity index (χ4v) is 10.5. The summed E-state index contributed by atoms with van der Waals surface area (Å²) in [6, 6.07) is 75.3. The van der Waals surface area contributed by atoms with Gasteiger partial charge in [0.15, 0.2) is 0 Å². The number of benzene rings is 10. The lowest BCUT2D eigenvalue weighted by atomic mass is 9.67. The third-order valence-corrected chi connectivity index (χ3v) is 12.9. The normalized spacial score (nSPS) is 13.4. The Morgan fingerprint density at radius 2 is 1.00 bits per heavy atom. The van der Waals surface area contributed by atoms with E-state index in [1.807, 2.05) is 12.1 Å². The van der Waals surface area contributed by atoms with E-state index in [4.69, 9.17) is 9.15 Å². The molecule has 2 nitrogen and oxygen atoms in total. The SMILES string of the molecule is c1ccc(C2(c3ccccc3)c3cc(-c4ccc5c6c(cccc46)-c4ccccc4O5)ccc3-c3c2cc2ccccc2c3-c2ccc3c(c2)oc2ccccc23)cc1. The predicted octanol–water partition coefficient (Wildman–Crippen LogP) is 15.4. The quantitative estimate of drug-likeness (QED) is 0.179. The van der Waals surface area contributed by atoms with Crippen LogP contribution in [0.15, 0.2) is 211 Å². The summed E-state index contributed by atoms with van der Waals surface area (Å²) in [5, 5.41) is 7.03. The maximum atomic E-state index is 6.54. The molecule has 1 aromatic heterocycles. The Hall–Kier alpha value is -7.68. The second-order valence-corrected chi connectivity index (χ2v) is 15.9. The molecular formula is C57H34O2. The highest BCUT2D eigenvalue weighted by molar-refractivity contribution is 6.13. The van der Waals surface area contributed by atoms with Crippen molar-refractivity contribution >= 4 is 43.5 Å². The van der Waals surface area contributed by atoms with Crippen molar-refractivity contribution < 1.29 is 9.15 Å². The van der Waals surface area contributed by atoms with Crippen LogP contribution in [0.5, 0.6) is 11.5 Å². The van der Waals surface area contributed by atoms with Crippen LogP contribution in [-0.2, 0) is 5.41 Å². The van der Waals surface area contributed by atoms with Crippen LogP contribution in [0.3, 0.4) is 0 Å². The molecule has 1 aliphatic carbocycles. The van der Waals surface area contributed by atoms with Gasteiger partial charge in [0.05, 0.1) is 5.41 Å². The molecule has 0 fully saturated rings. The van der Waals surface area contributed by atoms with Crippen molar-refractivity contribution in [3.8, 4) is 56.0 Å². The molecule has 11 aromatic rings. The van der Waals surface area contributed by atoms with Gasteiger partial charge in [-0.15, -0.1) is 0 Å². The standard InChI is InChI=1S/C57H34O2/c1-3-15-38(16-4-1)57(39-17-5-2-6-18-39)48-32-36(40-30-31-52-55-45(40)22-13-23-46(55)43-21-10-12-25-51(43)58-52)26-29-47(48)56-49(57)33-35-14-7-8-19-41(35)54(56)37-27-28-44-42-20-9-11-24-50(42)59-53(44)34-37/h1-34H. The number of furan rings is 1. The minimum absolute atomic E-state index is 0.611. The molecule has 10 aromatic carbocycles. The molecule has 0 spiro atoms. The molecule has 2 heterocycles. The van der Waals surface area contributed by atoms with Crippen LogP contribution in [0.1, 0.15) is 22.3 Å². The Balaban J connectivity index is 1.14. The van der Waals surface area contributed by atoms with Crippen molar-refractivity contribution in [1.82, 2.24) is 0 Å². The number of ether oxygens (including phenoxy) is 1. The molecule has 0 N–H and O–H groups in total. The van der Waals surface area contributed by atoms with E-state index in [1.54, 1.807) is 0 Å². The van der Waals surface area contributed by atoms with Crippen molar-refractivity contribution in [2.75, 3.05) is 0 Å². The van der Waals surface area contributed by atoms with E-state index in [0.717, 1.165) is 50.0 Å². The first-order chi connectivity index (χ1) is 29.3. The number of rotatable bonds is 4. The van der Waals surface area contributed by atoms with E-state index in [-0.39, 0.29) is 0 Å². The first kappa shape index (κ1) is 32.4. The van der Waals surface area contributed by atoms with Gasteiger partial charge in [-0.3, -0.25) is 0 Å². The largest absolute Gasteiger partial charge is 0.456 e. The van der Waals surface area contributed by atoms with E-state index < -0.39 is 5.41 Å². The molecule has 59 heavy (non-hydrogen) atoms. The monoisotopic (exact) mass is 750 g/mol. The summed E-state index contributed by atoms with van der Waals surface area (Å²) in [6.07, 6.45) is 0. The van der Waals surface area contributed by atoms with Gasteiger partial charge < -0.3 is 9.15 Å². The number of hydrogen-bond donors (Lipinski definition) is 0. The van der Waals surface area contributed by atoms with Gasteiger partial charge in [-0.25, -0.2) is 0 Å². The molecule has 13 rings (SSSR count). The molecule has 0 unspecified atom stereocenters. The van der Waals surface area contributed by atoms with Crippen LogP contribution < -0.4 is 4.74 Å². The van der Waals surface area contributed by atoms with Gasteiger partial charge in [0.25, 0.3) is 0 Å². The average Bonchev–Trinajstić information content (AvgIpc) is 3.82. The highest BCUT2D eigenvalue weighted by atomic mass is 16.5. The maximum Gasteiger partial charge on any atom is 0.136 e. The van der Waals surface area contributed by atoms with Crippen LogP contribution in [0.25, 0.3) is 88.0 Å². The molecule has 0 atom stereocenters. The van der Waals surface area contributed by atoms with E-state index in [0.29, 0.717) is 0 Å². The van der Waals surface area contributed by atoms with Crippen LogP contribution >= 0.6 is 0 Å². The molecule has 0 amide bonds. The van der Waals surface area contributed by atoms with Crippen LogP contribution in [0, 0.1) is 0 Å². The Labute approximate surface area is 341 Å². The summed E-state index contributed by atoms with van der Waals surface area (Å²) >= 11 is 0. The molecule has 0 radical (unpaired) electrons. The van der Waals surface area contributed by atoms with E-state index in [1.165, 1.54) is 71.8 Å². The highest BCUT2D eigenvalue weighted by Gasteiger charge is 2.47. The van der Waals surface area contributed by atoms with Crippen molar-refractivity contribution in [1.29, 1.82) is 0 Å². The van der Waals surface area contributed by atoms with Crippen molar-refractivity contribution in [3.63, 3.8) is 0 Å². The van der Waals surface area contributed by atoms with Gasteiger partial charge in [-0.1, -0.05) is 164 Å². The van der Waals surface area contributed by atoms with Crippen molar-refractivity contribution in [2.24, 2.45) is 0 Å². The van der Waals surface area contributed by atoms with E-state index in [2.05, 4.69) is 194 Å². The van der Waals surface area contributed by atoms with Gasteiger partial charge in [-0.2, -0.15) is 0 Å². The number of hydrogen-bond acceptors (Lipinski definition) is 2. The molecule has 0 saturated heterocycles. The Morgan fingerprint density at radius 1 is 0.339 bits per heavy atom. The highest BCUT2D eigenvalue weighted by Crippen LogP contribution is 2.61. The molecule has 0 bridgehead atoms. The zero-order chi connectivity index (χ0) is 38.7. The molecule has 2 heteroatoms. The van der Waals surface area contributed by atoms with E-state index in [9.17, 15) is 0 Å². The summed E-state index contributed by atoms with van der Waals surface area (Å²) < 4.78 is 13.1. The van der Waals surface area contributed by atoms with Gasteiger partial charge in [0, 0.05) is 21.7 Å².